The molecular formula is C6H6N2O2. The number of carbonyl (C=O) groups is 2. The van der Waals surface area contributed by atoms with Crippen LogP contribution in [0.4, 0.5) is 0 Å². The predicted octanol–water partition coefficient (Wildman–Crippen LogP) is -0.437. The summed E-state index contributed by atoms with van der Waals surface area (Å²) in [7, 11) is 0. The van der Waals surface area contributed by atoms with Gasteiger partial charge in [-0.2, -0.15) is 5.26 Å². The van der Waals surface area contributed by atoms with Gasteiger partial charge < -0.3 is 0 Å². The average Bonchev–Trinajstić information content (AvgIpc) is 1.88. The van der Waals surface area contributed by atoms with Crippen molar-refractivity contribution in [3.63, 3.8) is 0 Å². The number of carbonyl (C=O) groups excluding carboxylic acids is 2. The minimum atomic E-state index is -0.627. The van der Waals surface area contributed by atoms with Crippen LogP contribution in [0.3, 0.4) is 0 Å². The van der Waals surface area contributed by atoms with Crippen molar-refractivity contribution in [3.05, 3.63) is 0 Å². The molecule has 1 aliphatic heterocycles. The number of amides is 2. The SMILES string of the molecule is N#CC1CCC(=O)NC1=O. The third-order valence-corrected chi connectivity index (χ3v) is 1.40. The zero-order valence-corrected chi connectivity index (χ0v) is 5.26. The summed E-state index contributed by atoms with van der Waals surface area (Å²) in [6.07, 6.45) is 0.644. The highest BCUT2D eigenvalue weighted by Gasteiger charge is 2.25. The van der Waals surface area contributed by atoms with Gasteiger partial charge in [-0.15, -0.1) is 0 Å². The van der Waals surface area contributed by atoms with Gasteiger partial charge in [0.25, 0.3) is 0 Å². The maximum absolute atomic E-state index is 10.7. The van der Waals surface area contributed by atoms with Crippen molar-refractivity contribution in [1.82, 2.24) is 5.32 Å². The van der Waals surface area contributed by atoms with Crippen molar-refractivity contribution < 1.29 is 9.59 Å². The van der Waals surface area contributed by atoms with Crippen LogP contribution in [0.2, 0.25) is 0 Å². The molecule has 52 valence electrons. The number of hydrogen-bond donors (Lipinski definition) is 1. The molecule has 1 atom stereocenters. The second-order valence-corrected chi connectivity index (χ2v) is 2.13. The molecule has 1 aliphatic rings. The minimum absolute atomic E-state index is 0.281. The second kappa shape index (κ2) is 2.48. The lowest BCUT2D eigenvalue weighted by atomic mass is 10.0. The van der Waals surface area contributed by atoms with Gasteiger partial charge in [-0.05, 0) is 6.42 Å². The van der Waals surface area contributed by atoms with Gasteiger partial charge in [0.1, 0.15) is 5.92 Å². The van der Waals surface area contributed by atoms with E-state index in [2.05, 4.69) is 5.32 Å². The molecule has 0 spiro atoms. The van der Waals surface area contributed by atoms with Crippen molar-refractivity contribution in [2.45, 2.75) is 12.8 Å². The first-order valence-corrected chi connectivity index (χ1v) is 2.97. The number of rotatable bonds is 0. The molecule has 4 nitrogen and oxygen atoms in total. The van der Waals surface area contributed by atoms with Gasteiger partial charge in [-0.25, -0.2) is 0 Å². The zero-order valence-electron chi connectivity index (χ0n) is 5.26. The maximum Gasteiger partial charge on any atom is 0.243 e. The first kappa shape index (κ1) is 6.75. The highest BCUT2D eigenvalue weighted by molar-refractivity contribution is 5.99. The van der Waals surface area contributed by atoms with Gasteiger partial charge >= 0.3 is 0 Å². The van der Waals surface area contributed by atoms with E-state index in [1.54, 1.807) is 0 Å². The van der Waals surface area contributed by atoms with Crippen LogP contribution in [0.25, 0.3) is 0 Å². The van der Waals surface area contributed by atoms with Crippen LogP contribution in [0.5, 0.6) is 0 Å². The van der Waals surface area contributed by atoms with Crippen LogP contribution in [0.1, 0.15) is 12.8 Å². The fourth-order valence-corrected chi connectivity index (χ4v) is 0.817. The molecule has 0 saturated carbocycles. The van der Waals surface area contributed by atoms with Gasteiger partial charge in [0, 0.05) is 6.42 Å². The molecule has 0 bridgehead atoms. The lowest BCUT2D eigenvalue weighted by Gasteiger charge is -2.13. The molecule has 0 radical (unpaired) electrons. The molecule has 1 unspecified atom stereocenters. The Balaban J connectivity index is 2.62. The smallest absolute Gasteiger partial charge is 0.243 e. The molecule has 2 amide bonds. The molecule has 1 rings (SSSR count). The molecule has 4 heteroatoms. The summed E-state index contributed by atoms with van der Waals surface area (Å²) in [5.74, 6) is -1.37. The van der Waals surface area contributed by atoms with Crippen LogP contribution in [-0.2, 0) is 9.59 Å². The molecule has 0 aromatic rings. The Morgan fingerprint density at radius 3 is 2.80 bits per heavy atom. The summed E-state index contributed by atoms with van der Waals surface area (Å²) in [5, 5.41) is 10.4. The van der Waals surface area contributed by atoms with Gasteiger partial charge in [0.15, 0.2) is 0 Å². The lowest BCUT2D eigenvalue weighted by Crippen LogP contribution is -2.40. The van der Waals surface area contributed by atoms with E-state index in [0.717, 1.165) is 0 Å². The topological polar surface area (TPSA) is 70.0 Å². The van der Waals surface area contributed by atoms with Crippen molar-refractivity contribution in [2.24, 2.45) is 5.92 Å². The predicted molar refractivity (Wildman–Crippen MR) is 31.5 cm³/mol. The van der Waals surface area contributed by atoms with E-state index in [0.29, 0.717) is 6.42 Å². The summed E-state index contributed by atoms with van der Waals surface area (Å²) in [6, 6.07) is 1.81. The molecule has 1 heterocycles. The van der Waals surface area contributed by atoms with Crippen molar-refractivity contribution in [2.75, 3.05) is 0 Å². The van der Waals surface area contributed by atoms with Crippen molar-refractivity contribution in [1.29, 1.82) is 5.26 Å². The number of imide groups is 1. The monoisotopic (exact) mass is 138 g/mol. The zero-order chi connectivity index (χ0) is 7.56. The number of piperidine rings is 1. The van der Waals surface area contributed by atoms with Gasteiger partial charge in [0.05, 0.1) is 6.07 Å². The number of nitrogens with zero attached hydrogens (tertiary/aromatic N) is 1. The molecule has 0 aliphatic carbocycles. The highest BCUT2D eigenvalue weighted by atomic mass is 16.2. The lowest BCUT2D eigenvalue weighted by molar-refractivity contribution is -0.134. The van der Waals surface area contributed by atoms with E-state index in [1.165, 1.54) is 0 Å². The Morgan fingerprint density at radius 2 is 2.30 bits per heavy atom. The summed E-state index contributed by atoms with van der Waals surface area (Å²) >= 11 is 0. The standard InChI is InChI=1S/C6H6N2O2/c7-3-4-1-2-5(9)8-6(4)10/h4H,1-2H2,(H,8,9,10). The van der Waals surface area contributed by atoms with Crippen LogP contribution < -0.4 is 5.32 Å². The fraction of sp³-hybridized carbons (Fsp3) is 0.500. The van der Waals surface area contributed by atoms with Crippen LogP contribution >= 0.6 is 0 Å². The van der Waals surface area contributed by atoms with E-state index < -0.39 is 11.8 Å². The summed E-state index contributed by atoms with van der Waals surface area (Å²) < 4.78 is 0. The largest absolute Gasteiger partial charge is 0.295 e. The second-order valence-electron chi connectivity index (χ2n) is 2.13. The molecular weight excluding hydrogens is 132 g/mol. The molecule has 1 N–H and O–H groups in total. The fourth-order valence-electron chi connectivity index (χ4n) is 0.817. The van der Waals surface area contributed by atoms with Gasteiger partial charge in [0.2, 0.25) is 11.8 Å². The number of hydrogen-bond acceptors (Lipinski definition) is 3. The average molecular weight is 138 g/mol. The van der Waals surface area contributed by atoms with E-state index in [-0.39, 0.29) is 12.3 Å². The summed E-state index contributed by atoms with van der Waals surface area (Å²) in [6.45, 7) is 0. The summed E-state index contributed by atoms with van der Waals surface area (Å²) in [5.41, 5.74) is 0. The normalized spacial score (nSPS) is 25.3. The van der Waals surface area contributed by atoms with Crippen LogP contribution in [0, 0.1) is 17.2 Å². The van der Waals surface area contributed by atoms with E-state index in [9.17, 15) is 9.59 Å². The quantitative estimate of drug-likeness (QED) is 0.461. The van der Waals surface area contributed by atoms with E-state index >= 15 is 0 Å². The van der Waals surface area contributed by atoms with E-state index in [4.69, 9.17) is 5.26 Å². The van der Waals surface area contributed by atoms with Gasteiger partial charge in [-0.3, -0.25) is 14.9 Å². The highest BCUT2D eigenvalue weighted by Crippen LogP contribution is 2.09. The molecule has 1 fully saturated rings. The minimum Gasteiger partial charge on any atom is -0.295 e. The summed E-state index contributed by atoms with van der Waals surface area (Å²) in [4.78, 5) is 21.2. The first-order valence-electron chi connectivity index (χ1n) is 2.97. The number of nitrogens with one attached hydrogen (secondary N) is 1. The van der Waals surface area contributed by atoms with Crippen molar-refractivity contribution >= 4 is 11.8 Å². The molecule has 10 heavy (non-hydrogen) atoms. The van der Waals surface area contributed by atoms with Crippen LogP contribution in [-0.4, -0.2) is 11.8 Å². The molecule has 0 aromatic carbocycles. The third kappa shape index (κ3) is 1.13. The first-order chi connectivity index (χ1) is 4.74. The third-order valence-electron chi connectivity index (χ3n) is 1.40. The number of nitriles is 1. The molecule has 1 saturated heterocycles. The Kier molecular flexibility index (Phi) is 1.67. The Morgan fingerprint density at radius 1 is 1.60 bits per heavy atom. The molecule has 0 aromatic heterocycles. The Labute approximate surface area is 57.8 Å². The van der Waals surface area contributed by atoms with Crippen molar-refractivity contribution in [3.8, 4) is 6.07 Å². The van der Waals surface area contributed by atoms with Gasteiger partial charge in [-0.1, -0.05) is 0 Å². The Hall–Kier alpha value is -1.37. The maximum atomic E-state index is 10.7. The van der Waals surface area contributed by atoms with E-state index in [1.807, 2.05) is 6.07 Å². The Bertz CT molecular complexity index is 216. The van der Waals surface area contributed by atoms with Crippen LogP contribution in [0.15, 0.2) is 0 Å².